The van der Waals surface area contributed by atoms with Crippen molar-refractivity contribution in [2.45, 2.75) is 19.5 Å². The summed E-state index contributed by atoms with van der Waals surface area (Å²) in [6.07, 6.45) is 3.40. The SMILES string of the molecule is CCOc1cccc([C@H]2c3c(oc4ccccc4c3=O)C(=O)N2Cc2cccnc2)c1. The number of carbonyl (C=O) groups is 1. The van der Waals surface area contributed by atoms with Crippen molar-refractivity contribution in [1.82, 2.24) is 9.88 Å². The largest absolute Gasteiger partial charge is 0.494 e. The van der Waals surface area contributed by atoms with Crippen LogP contribution >= 0.6 is 0 Å². The second-order valence-electron chi connectivity index (χ2n) is 7.37. The Hall–Kier alpha value is -3.93. The van der Waals surface area contributed by atoms with Gasteiger partial charge in [0.25, 0.3) is 5.91 Å². The normalized spacial score (nSPS) is 15.3. The number of fused-ring (bicyclic) bond motifs is 2. The predicted molar refractivity (Wildman–Crippen MR) is 116 cm³/mol. The maximum absolute atomic E-state index is 13.5. The van der Waals surface area contributed by atoms with E-state index in [0.29, 0.717) is 35.4 Å². The second kappa shape index (κ2) is 7.72. The maximum Gasteiger partial charge on any atom is 0.291 e. The highest BCUT2D eigenvalue weighted by Gasteiger charge is 2.42. The summed E-state index contributed by atoms with van der Waals surface area (Å²) >= 11 is 0. The standard InChI is InChI=1S/C25H20N2O4/c1-2-30-18-9-5-8-17(13-18)22-21-23(28)19-10-3-4-11-20(19)31-24(21)25(29)27(22)15-16-7-6-12-26-14-16/h3-14,22H,2,15H2,1H3/t22-/m0/s1. The van der Waals surface area contributed by atoms with Crippen molar-refractivity contribution < 1.29 is 13.9 Å². The Balaban J connectivity index is 1.71. The van der Waals surface area contributed by atoms with E-state index in [0.717, 1.165) is 11.1 Å². The van der Waals surface area contributed by atoms with Gasteiger partial charge in [0.05, 0.1) is 23.6 Å². The summed E-state index contributed by atoms with van der Waals surface area (Å²) in [7, 11) is 0. The van der Waals surface area contributed by atoms with Crippen LogP contribution in [0.2, 0.25) is 0 Å². The Morgan fingerprint density at radius 1 is 1.06 bits per heavy atom. The fourth-order valence-corrected chi connectivity index (χ4v) is 4.11. The molecule has 0 fully saturated rings. The number of nitrogens with zero attached hydrogens (tertiary/aromatic N) is 2. The van der Waals surface area contributed by atoms with Gasteiger partial charge in [-0.3, -0.25) is 14.6 Å². The lowest BCUT2D eigenvalue weighted by molar-refractivity contribution is 0.0714. The number of hydrogen-bond acceptors (Lipinski definition) is 5. The lowest BCUT2D eigenvalue weighted by Crippen LogP contribution is -2.29. The molecule has 154 valence electrons. The molecule has 1 amide bonds. The third-order valence-corrected chi connectivity index (χ3v) is 5.43. The smallest absolute Gasteiger partial charge is 0.291 e. The van der Waals surface area contributed by atoms with Crippen LogP contribution in [0.3, 0.4) is 0 Å². The lowest BCUT2D eigenvalue weighted by Gasteiger charge is -2.25. The summed E-state index contributed by atoms with van der Waals surface area (Å²) in [5.41, 5.74) is 2.24. The maximum atomic E-state index is 13.5. The van der Waals surface area contributed by atoms with E-state index in [1.54, 1.807) is 41.6 Å². The summed E-state index contributed by atoms with van der Waals surface area (Å²) < 4.78 is 11.6. The summed E-state index contributed by atoms with van der Waals surface area (Å²) in [6, 6.07) is 17.7. The molecule has 0 spiro atoms. The van der Waals surface area contributed by atoms with E-state index in [-0.39, 0.29) is 17.1 Å². The molecule has 0 radical (unpaired) electrons. The number of hydrogen-bond donors (Lipinski definition) is 0. The van der Waals surface area contributed by atoms with Crippen molar-refractivity contribution in [2.75, 3.05) is 6.61 Å². The number of carbonyl (C=O) groups excluding carboxylic acids is 1. The number of rotatable bonds is 5. The molecule has 3 heterocycles. The number of para-hydroxylation sites is 1. The molecule has 0 bridgehead atoms. The number of benzene rings is 2. The van der Waals surface area contributed by atoms with Gasteiger partial charge in [0, 0.05) is 18.9 Å². The van der Waals surface area contributed by atoms with Crippen molar-refractivity contribution in [3.63, 3.8) is 0 Å². The molecule has 0 aliphatic carbocycles. The van der Waals surface area contributed by atoms with Crippen LogP contribution in [0.4, 0.5) is 0 Å². The highest BCUT2D eigenvalue weighted by molar-refractivity contribution is 5.99. The van der Waals surface area contributed by atoms with Crippen LogP contribution in [0.5, 0.6) is 5.75 Å². The molecule has 2 aromatic carbocycles. The zero-order chi connectivity index (χ0) is 21.4. The lowest BCUT2D eigenvalue weighted by atomic mass is 9.98. The zero-order valence-electron chi connectivity index (χ0n) is 16.9. The quantitative estimate of drug-likeness (QED) is 0.488. The van der Waals surface area contributed by atoms with Crippen LogP contribution in [0.1, 0.15) is 40.2 Å². The van der Waals surface area contributed by atoms with Crippen LogP contribution in [0.15, 0.2) is 82.3 Å². The average Bonchev–Trinajstić information content (AvgIpc) is 3.07. The Labute approximate surface area is 178 Å². The molecule has 0 N–H and O–H groups in total. The molecule has 2 aromatic heterocycles. The van der Waals surface area contributed by atoms with Crippen molar-refractivity contribution in [3.05, 3.63) is 106 Å². The first-order valence-electron chi connectivity index (χ1n) is 10.2. The summed E-state index contributed by atoms with van der Waals surface area (Å²) in [4.78, 5) is 32.7. The van der Waals surface area contributed by atoms with Crippen LogP contribution in [-0.4, -0.2) is 22.4 Å². The fourth-order valence-electron chi connectivity index (χ4n) is 4.11. The summed E-state index contributed by atoms with van der Waals surface area (Å²) in [5.74, 6) is 0.473. The van der Waals surface area contributed by atoms with E-state index in [9.17, 15) is 9.59 Å². The Bertz CT molecular complexity index is 1330. The van der Waals surface area contributed by atoms with Crippen molar-refractivity contribution >= 4 is 16.9 Å². The molecule has 6 nitrogen and oxygen atoms in total. The van der Waals surface area contributed by atoms with Gasteiger partial charge >= 0.3 is 0 Å². The third-order valence-electron chi connectivity index (χ3n) is 5.43. The van der Waals surface area contributed by atoms with Gasteiger partial charge in [0.2, 0.25) is 5.76 Å². The minimum absolute atomic E-state index is 0.0967. The zero-order valence-corrected chi connectivity index (χ0v) is 16.9. The average molecular weight is 412 g/mol. The highest BCUT2D eigenvalue weighted by atomic mass is 16.5. The molecule has 0 saturated heterocycles. The van der Waals surface area contributed by atoms with Gasteiger partial charge in [0.15, 0.2) is 5.43 Å². The Morgan fingerprint density at radius 3 is 2.74 bits per heavy atom. The monoisotopic (exact) mass is 412 g/mol. The van der Waals surface area contributed by atoms with Gasteiger partial charge in [-0.1, -0.05) is 30.3 Å². The first-order valence-corrected chi connectivity index (χ1v) is 10.2. The molecule has 1 atom stereocenters. The van der Waals surface area contributed by atoms with Gasteiger partial charge in [-0.15, -0.1) is 0 Å². The number of amides is 1. The van der Waals surface area contributed by atoms with E-state index in [2.05, 4.69) is 4.98 Å². The molecular weight excluding hydrogens is 392 g/mol. The molecule has 4 aromatic rings. The van der Waals surface area contributed by atoms with Gasteiger partial charge < -0.3 is 14.1 Å². The van der Waals surface area contributed by atoms with E-state index in [1.807, 2.05) is 43.3 Å². The minimum atomic E-state index is -0.580. The first-order chi connectivity index (χ1) is 15.2. The van der Waals surface area contributed by atoms with E-state index in [1.165, 1.54) is 0 Å². The van der Waals surface area contributed by atoms with Crippen molar-refractivity contribution in [2.24, 2.45) is 0 Å². The molecule has 31 heavy (non-hydrogen) atoms. The van der Waals surface area contributed by atoms with E-state index >= 15 is 0 Å². The van der Waals surface area contributed by atoms with Gasteiger partial charge in [0.1, 0.15) is 11.3 Å². The van der Waals surface area contributed by atoms with Crippen LogP contribution in [0, 0.1) is 0 Å². The van der Waals surface area contributed by atoms with Crippen LogP contribution in [0.25, 0.3) is 11.0 Å². The number of pyridine rings is 1. The molecule has 0 unspecified atom stereocenters. The molecule has 5 rings (SSSR count). The predicted octanol–water partition coefficient (Wildman–Crippen LogP) is 4.33. The number of ether oxygens (including phenoxy) is 1. The highest BCUT2D eigenvalue weighted by Crippen LogP contribution is 2.39. The molecule has 1 aliphatic rings. The Morgan fingerprint density at radius 2 is 1.94 bits per heavy atom. The minimum Gasteiger partial charge on any atom is -0.494 e. The third kappa shape index (κ3) is 3.26. The number of aromatic nitrogens is 1. The van der Waals surface area contributed by atoms with Crippen LogP contribution < -0.4 is 10.2 Å². The van der Waals surface area contributed by atoms with Gasteiger partial charge in [-0.05, 0) is 48.4 Å². The molecule has 1 aliphatic heterocycles. The van der Waals surface area contributed by atoms with Gasteiger partial charge in [-0.25, -0.2) is 0 Å². The second-order valence-corrected chi connectivity index (χ2v) is 7.37. The first kappa shape index (κ1) is 19.1. The van der Waals surface area contributed by atoms with Crippen molar-refractivity contribution in [1.29, 1.82) is 0 Å². The summed E-state index contributed by atoms with van der Waals surface area (Å²) in [5, 5.41) is 0.461. The van der Waals surface area contributed by atoms with Crippen LogP contribution in [-0.2, 0) is 6.54 Å². The van der Waals surface area contributed by atoms with E-state index in [4.69, 9.17) is 9.15 Å². The molecule has 6 heteroatoms. The Kier molecular flexibility index (Phi) is 4.75. The molecular formula is C25H20N2O4. The summed E-state index contributed by atoms with van der Waals surface area (Å²) in [6.45, 7) is 2.74. The molecule has 0 saturated carbocycles. The fraction of sp³-hybridized carbons (Fsp3) is 0.160. The topological polar surface area (TPSA) is 72.6 Å². The van der Waals surface area contributed by atoms with Crippen molar-refractivity contribution in [3.8, 4) is 5.75 Å². The van der Waals surface area contributed by atoms with E-state index < -0.39 is 6.04 Å². The van der Waals surface area contributed by atoms with Gasteiger partial charge in [-0.2, -0.15) is 0 Å².